The first-order chi connectivity index (χ1) is 15.4. The standard InChI is InChI=1S/C23H24N4O4S/c1-4-26-20-19(16(22(30)31-3)12-14(2)24-20)21(29)25-23(26)32-13-18(28)27-11-7-9-15-8-5-6-10-17(15)27/h5-6,8,10,12H,4,7,9,11,13H2,1-3H3. The number of anilines is 1. The monoisotopic (exact) mass is 452 g/mol. The van der Waals surface area contributed by atoms with E-state index < -0.39 is 11.5 Å². The maximum Gasteiger partial charge on any atom is 0.338 e. The van der Waals surface area contributed by atoms with Crippen LogP contribution in [0, 0.1) is 6.92 Å². The van der Waals surface area contributed by atoms with Gasteiger partial charge in [0, 0.05) is 24.5 Å². The summed E-state index contributed by atoms with van der Waals surface area (Å²) < 4.78 is 6.60. The maximum atomic E-state index is 13.0. The Morgan fingerprint density at radius 2 is 2.00 bits per heavy atom. The van der Waals surface area contributed by atoms with Gasteiger partial charge in [-0.2, -0.15) is 4.98 Å². The Labute approximate surface area is 189 Å². The van der Waals surface area contributed by atoms with Crippen LogP contribution in [0.2, 0.25) is 0 Å². The van der Waals surface area contributed by atoms with E-state index in [1.807, 2.05) is 25.1 Å². The number of carbonyl (C=O) groups excluding carboxylic acids is 2. The second-order valence-corrected chi connectivity index (χ2v) is 8.45. The smallest absolute Gasteiger partial charge is 0.338 e. The van der Waals surface area contributed by atoms with Crippen LogP contribution in [-0.2, 0) is 22.5 Å². The molecule has 0 bridgehead atoms. The Morgan fingerprint density at radius 3 is 2.75 bits per heavy atom. The quantitative estimate of drug-likeness (QED) is 0.334. The topological polar surface area (TPSA) is 94.4 Å². The minimum absolute atomic E-state index is 0.0356. The number of para-hydroxylation sites is 1. The van der Waals surface area contributed by atoms with Gasteiger partial charge in [-0.15, -0.1) is 0 Å². The van der Waals surface area contributed by atoms with Crippen molar-refractivity contribution in [2.75, 3.05) is 24.3 Å². The van der Waals surface area contributed by atoms with E-state index in [9.17, 15) is 14.4 Å². The fourth-order valence-corrected chi connectivity index (χ4v) is 4.95. The number of benzene rings is 1. The molecule has 1 aliphatic heterocycles. The van der Waals surface area contributed by atoms with Crippen molar-refractivity contribution < 1.29 is 14.3 Å². The number of amides is 1. The molecule has 0 unspecified atom stereocenters. The summed E-state index contributed by atoms with van der Waals surface area (Å²) in [6.07, 6.45) is 1.88. The summed E-state index contributed by atoms with van der Waals surface area (Å²) in [7, 11) is 1.27. The number of ether oxygens (including phenoxy) is 1. The lowest BCUT2D eigenvalue weighted by atomic mass is 10.0. The van der Waals surface area contributed by atoms with E-state index in [2.05, 4.69) is 16.0 Å². The highest BCUT2D eigenvalue weighted by Crippen LogP contribution is 2.28. The lowest BCUT2D eigenvalue weighted by molar-refractivity contribution is -0.116. The predicted octanol–water partition coefficient (Wildman–Crippen LogP) is 2.98. The first kappa shape index (κ1) is 22.0. The predicted molar refractivity (Wildman–Crippen MR) is 123 cm³/mol. The molecule has 4 rings (SSSR count). The highest BCUT2D eigenvalue weighted by Gasteiger charge is 2.24. The fourth-order valence-electron chi connectivity index (χ4n) is 4.02. The molecule has 2 aromatic heterocycles. The van der Waals surface area contributed by atoms with Gasteiger partial charge in [-0.3, -0.25) is 9.59 Å². The number of rotatable bonds is 5. The van der Waals surface area contributed by atoms with Gasteiger partial charge in [0.2, 0.25) is 5.91 Å². The van der Waals surface area contributed by atoms with Crippen LogP contribution >= 0.6 is 11.8 Å². The van der Waals surface area contributed by atoms with E-state index in [0.29, 0.717) is 29.6 Å². The van der Waals surface area contributed by atoms with E-state index in [-0.39, 0.29) is 22.6 Å². The summed E-state index contributed by atoms with van der Waals surface area (Å²) in [4.78, 5) is 48.6. The number of carbonyl (C=O) groups is 2. The molecule has 0 spiro atoms. The number of hydrogen-bond donors (Lipinski definition) is 0. The molecule has 1 aliphatic rings. The van der Waals surface area contributed by atoms with Crippen LogP contribution in [0.4, 0.5) is 5.69 Å². The molecule has 1 amide bonds. The summed E-state index contributed by atoms with van der Waals surface area (Å²) in [5.41, 5.74) is 2.65. The van der Waals surface area contributed by atoms with Crippen molar-refractivity contribution in [3.05, 3.63) is 57.5 Å². The summed E-state index contributed by atoms with van der Waals surface area (Å²) in [5.74, 6) is -0.505. The van der Waals surface area contributed by atoms with E-state index in [0.717, 1.165) is 18.5 Å². The number of nitrogens with zero attached hydrogens (tertiary/aromatic N) is 4. The molecule has 166 valence electrons. The first-order valence-corrected chi connectivity index (χ1v) is 11.4. The summed E-state index contributed by atoms with van der Waals surface area (Å²) in [6, 6.07) is 9.46. The van der Waals surface area contributed by atoms with Gasteiger partial charge in [0.25, 0.3) is 5.56 Å². The van der Waals surface area contributed by atoms with Gasteiger partial charge in [-0.05, 0) is 44.4 Å². The second-order valence-electron chi connectivity index (χ2n) is 7.51. The average Bonchev–Trinajstić information content (AvgIpc) is 2.81. The Kier molecular flexibility index (Phi) is 6.27. The third-order valence-corrected chi connectivity index (χ3v) is 6.44. The fraction of sp³-hybridized carbons (Fsp3) is 0.348. The molecule has 0 atom stereocenters. The Hall–Kier alpha value is -3.20. The largest absolute Gasteiger partial charge is 0.465 e. The van der Waals surface area contributed by atoms with Crippen LogP contribution in [0.5, 0.6) is 0 Å². The van der Waals surface area contributed by atoms with Gasteiger partial charge in [0.1, 0.15) is 5.65 Å². The molecule has 8 nitrogen and oxygen atoms in total. The maximum absolute atomic E-state index is 13.0. The third-order valence-electron chi connectivity index (χ3n) is 5.48. The molecule has 0 aliphatic carbocycles. The van der Waals surface area contributed by atoms with Crippen LogP contribution in [0.1, 0.15) is 35.0 Å². The Morgan fingerprint density at radius 1 is 1.22 bits per heavy atom. The van der Waals surface area contributed by atoms with Crippen LogP contribution in [0.3, 0.4) is 0 Å². The number of aryl methyl sites for hydroxylation is 3. The van der Waals surface area contributed by atoms with E-state index in [1.165, 1.54) is 30.5 Å². The van der Waals surface area contributed by atoms with Crippen LogP contribution in [-0.4, -0.2) is 45.8 Å². The lowest BCUT2D eigenvalue weighted by Gasteiger charge is -2.29. The highest BCUT2D eigenvalue weighted by atomic mass is 32.2. The summed E-state index contributed by atoms with van der Waals surface area (Å²) >= 11 is 1.21. The third kappa shape index (κ3) is 4.00. The van der Waals surface area contributed by atoms with Crippen molar-refractivity contribution in [3.8, 4) is 0 Å². The number of pyridine rings is 1. The van der Waals surface area contributed by atoms with Crippen LogP contribution in [0.25, 0.3) is 11.0 Å². The van der Waals surface area contributed by atoms with Gasteiger partial charge < -0.3 is 14.2 Å². The van der Waals surface area contributed by atoms with Crippen molar-refractivity contribution in [1.29, 1.82) is 0 Å². The Bertz CT molecular complexity index is 1270. The molecule has 3 aromatic rings. The molecule has 0 fully saturated rings. The number of aromatic nitrogens is 3. The number of thioether (sulfide) groups is 1. The lowest BCUT2D eigenvalue weighted by Crippen LogP contribution is -2.36. The normalized spacial score (nSPS) is 13.2. The SMILES string of the molecule is CCn1c(SCC(=O)N2CCCc3ccccc32)nc(=O)c2c(C(=O)OC)cc(C)nc21. The van der Waals surface area contributed by atoms with Crippen molar-refractivity contribution in [1.82, 2.24) is 14.5 Å². The van der Waals surface area contributed by atoms with Crippen LogP contribution < -0.4 is 10.5 Å². The number of hydrogen-bond acceptors (Lipinski definition) is 7. The second kappa shape index (κ2) is 9.12. The van der Waals surface area contributed by atoms with Crippen LogP contribution in [0.15, 0.2) is 40.3 Å². The van der Waals surface area contributed by atoms with E-state index in [4.69, 9.17) is 4.74 Å². The van der Waals surface area contributed by atoms with Crippen molar-refractivity contribution in [2.24, 2.45) is 0 Å². The molecule has 0 saturated heterocycles. The number of esters is 1. The van der Waals surface area contributed by atoms with Gasteiger partial charge in [-0.1, -0.05) is 30.0 Å². The average molecular weight is 453 g/mol. The van der Waals surface area contributed by atoms with Gasteiger partial charge >= 0.3 is 5.97 Å². The van der Waals surface area contributed by atoms with Crippen molar-refractivity contribution in [3.63, 3.8) is 0 Å². The number of methoxy groups -OCH3 is 1. The van der Waals surface area contributed by atoms with Gasteiger partial charge in [0.15, 0.2) is 5.16 Å². The van der Waals surface area contributed by atoms with E-state index in [1.54, 1.807) is 16.4 Å². The molecular weight excluding hydrogens is 428 g/mol. The summed E-state index contributed by atoms with van der Waals surface area (Å²) in [6.45, 7) is 4.80. The molecule has 32 heavy (non-hydrogen) atoms. The first-order valence-electron chi connectivity index (χ1n) is 10.5. The van der Waals surface area contributed by atoms with Gasteiger partial charge in [-0.25, -0.2) is 9.78 Å². The molecule has 9 heteroatoms. The van der Waals surface area contributed by atoms with Gasteiger partial charge in [0.05, 0.1) is 23.8 Å². The molecule has 1 aromatic carbocycles. The molecule has 0 N–H and O–H groups in total. The zero-order chi connectivity index (χ0) is 22.8. The minimum atomic E-state index is -0.610. The number of fused-ring (bicyclic) bond motifs is 2. The summed E-state index contributed by atoms with van der Waals surface area (Å²) in [5, 5.41) is 0.530. The zero-order valence-corrected chi connectivity index (χ0v) is 19.1. The highest BCUT2D eigenvalue weighted by molar-refractivity contribution is 7.99. The Balaban J connectivity index is 1.68. The minimum Gasteiger partial charge on any atom is -0.465 e. The molecular formula is C23H24N4O4S. The van der Waals surface area contributed by atoms with E-state index >= 15 is 0 Å². The molecule has 3 heterocycles. The van der Waals surface area contributed by atoms with Crippen molar-refractivity contribution in [2.45, 2.75) is 38.4 Å². The molecule has 0 saturated carbocycles. The van der Waals surface area contributed by atoms with Crippen molar-refractivity contribution >= 4 is 40.4 Å². The molecule has 0 radical (unpaired) electrons. The zero-order valence-electron chi connectivity index (χ0n) is 18.3.